The number of aryl methyl sites for hydroxylation is 1. The van der Waals surface area contributed by atoms with Gasteiger partial charge >= 0.3 is 6.18 Å². The van der Waals surface area contributed by atoms with Gasteiger partial charge in [0.15, 0.2) is 0 Å². The number of halogens is 5. The van der Waals surface area contributed by atoms with Gasteiger partial charge in [0.25, 0.3) is 0 Å². The van der Waals surface area contributed by atoms with Crippen molar-refractivity contribution in [1.82, 2.24) is 0 Å². The van der Waals surface area contributed by atoms with Crippen LogP contribution < -0.4 is 5.73 Å². The normalized spacial score (nSPS) is 13.1. The molecule has 0 saturated heterocycles. The maximum absolute atomic E-state index is 12.1. The van der Waals surface area contributed by atoms with Gasteiger partial charge in [0.1, 0.15) is 0 Å². The van der Waals surface area contributed by atoms with Crippen molar-refractivity contribution in [3.05, 3.63) is 33.8 Å². The molecule has 0 fully saturated rings. The fourth-order valence-corrected chi connectivity index (χ4v) is 1.75. The monoisotopic (exact) mass is 317 g/mol. The number of alkyl halides is 3. The van der Waals surface area contributed by atoms with Crippen LogP contribution in [0.25, 0.3) is 0 Å². The largest absolute Gasteiger partial charge is 0.390 e. The summed E-state index contributed by atoms with van der Waals surface area (Å²) in [5, 5.41) is 0. The van der Waals surface area contributed by atoms with E-state index in [1.54, 1.807) is 25.1 Å². The Kier molecular flexibility index (Phi) is 5.79. The Morgan fingerprint density at radius 3 is 2.44 bits per heavy atom. The van der Waals surface area contributed by atoms with E-state index >= 15 is 0 Å². The van der Waals surface area contributed by atoms with Gasteiger partial charge in [0.05, 0.1) is 6.42 Å². The highest BCUT2D eigenvalue weighted by molar-refractivity contribution is 9.10. The molecule has 0 unspecified atom stereocenters. The van der Waals surface area contributed by atoms with Crippen molar-refractivity contribution in [2.24, 2.45) is 5.73 Å². The zero-order valence-electron chi connectivity index (χ0n) is 8.51. The van der Waals surface area contributed by atoms with Crippen LogP contribution in [0.15, 0.2) is 22.7 Å². The molecule has 1 atom stereocenters. The predicted octanol–water partition coefficient (Wildman–Crippen LogP) is 4.13. The van der Waals surface area contributed by atoms with Crippen LogP contribution in [0.3, 0.4) is 0 Å². The first-order valence-electron chi connectivity index (χ1n) is 4.38. The molecule has 1 nitrogen and oxygen atoms in total. The van der Waals surface area contributed by atoms with Crippen molar-refractivity contribution in [1.29, 1.82) is 0 Å². The van der Waals surface area contributed by atoms with E-state index in [9.17, 15) is 13.2 Å². The highest BCUT2D eigenvalue weighted by Crippen LogP contribution is 2.30. The van der Waals surface area contributed by atoms with Gasteiger partial charge in [-0.1, -0.05) is 22.0 Å². The zero-order chi connectivity index (χ0) is 11.6. The molecule has 0 radical (unpaired) electrons. The Morgan fingerprint density at radius 1 is 1.38 bits per heavy atom. The first kappa shape index (κ1) is 15.7. The third kappa shape index (κ3) is 4.72. The van der Waals surface area contributed by atoms with E-state index in [0.29, 0.717) is 5.56 Å². The molecule has 0 aliphatic carbocycles. The second kappa shape index (κ2) is 5.89. The van der Waals surface area contributed by atoms with E-state index in [1.807, 2.05) is 0 Å². The average molecular weight is 319 g/mol. The van der Waals surface area contributed by atoms with Crippen LogP contribution in [0, 0.1) is 6.92 Å². The zero-order valence-corrected chi connectivity index (χ0v) is 10.9. The lowest BCUT2D eigenvalue weighted by molar-refractivity contribution is -0.138. The van der Waals surface area contributed by atoms with Crippen LogP contribution in [-0.4, -0.2) is 6.18 Å². The molecule has 0 saturated carbocycles. The lowest BCUT2D eigenvalue weighted by Crippen LogP contribution is -2.20. The van der Waals surface area contributed by atoms with Crippen LogP contribution in [0.4, 0.5) is 13.2 Å². The fourth-order valence-electron chi connectivity index (χ4n) is 1.37. The third-order valence-electron chi connectivity index (χ3n) is 2.09. The standard InChI is InChI=1S/C10H11BrF3N.ClH/c1-6-2-3-7(11)4-8(6)9(15)5-10(12,13)14;/h2-4,9H,5,15H2,1H3;1H/t9-;/m1./s1. The predicted molar refractivity (Wildman–Crippen MR) is 63.7 cm³/mol. The summed E-state index contributed by atoms with van der Waals surface area (Å²) in [6.07, 6.45) is -5.22. The SMILES string of the molecule is Cc1ccc(Br)cc1[C@H](N)CC(F)(F)F.Cl. The first-order valence-corrected chi connectivity index (χ1v) is 5.17. The molecule has 2 N–H and O–H groups in total. The second-order valence-electron chi connectivity index (χ2n) is 3.43. The van der Waals surface area contributed by atoms with E-state index in [1.165, 1.54) is 0 Å². The van der Waals surface area contributed by atoms with E-state index in [4.69, 9.17) is 5.73 Å². The quantitative estimate of drug-likeness (QED) is 0.871. The van der Waals surface area contributed by atoms with Gasteiger partial charge in [-0.2, -0.15) is 13.2 Å². The smallest absolute Gasteiger partial charge is 0.324 e. The lowest BCUT2D eigenvalue weighted by Gasteiger charge is -2.16. The van der Waals surface area contributed by atoms with Crippen molar-refractivity contribution < 1.29 is 13.2 Å². The molecule has 1 aromatic carbocycles. The molecular formula is C10H12BrClF3N. The van der Waals surface area contributed by atoms with Gasteiger partial charge < -0.3 is 5.73 Å². The van der Waals surface area contributed by atoms with Crippen LogP contribution in [0.1, 0.15) is 23.6 Å². The molecule has 0 heterocycles. The number of nitrogens with two attached hydrogens (primary N) is 1. The van der Waals surface area contributed by atoms with Gasteiger partial charge in [-0.05, 0) is 30.2 Å². The van der Waals surface area contributed by atoms with Gasteiger partial charge in [0, 0.05) is 10.5 Å². The Hall–Kier alpha value is -0.260. The molecule has 1 aromatic rings. The van der Waals surface area contributed by atoms with Crippen LogP contribution in [0.5, 0.6) is 0 Å². The number of hydrogen-bond acceptors (Lipinski definition) is 1. The minimum atomic E-state index is -4.23. The van der Waals surface area contributed by atoms with Crippen LogP contribution in [-0.2, 0) is 0 Å². The fraction of sp³-hybridized carbons (Fsp3) is 0.400. The molecule has 92 valence electrons. The van der Waals surface area contributed by atoms with Crippen molar-refractivity contribution in [3.8, 4) is 0 Å². The van der Waals surface area contributed by atoms with Gasteiger partial charge in [-0.3, -0.25) is 0 Å². The summed E-state index contributed by atoms with van der Waals surface area (Å²) in [5.74, 6) is 0. The van der Waals surface area contributed by atoms with Crippen LogP contribution in [0.2, 0.25) is 0 Å². The molecule has 0 bridgehead atoms. The molecular weight excluding hydrogens is 306 g/mol. The molecule has 0 spiro atoms. The van der Waals surface area contributed by atoms with E-state index in [2.05, 4.69) is 15.9 Å². The van der Waals surface area contributed by atoms with Gasteiger partial charge in [0.2, 0.25) is 0 Å². The summed E-state index contributed by atoms with van der Waals surface area (Å²) in [7, 11) is 0. The maximum Gasteiger partial charge on any atom is 0.390 e. The number of benzene rings is 1. The Labute approximate surface area is 107 Å². The minimum absolute atomic E-state index is 0. The maximum atomic E-state index is 12.1. The molecule has 6 heteroatoms. The third-order valence-corrected chi connectivity index (χ3v) is 2.59. The second-order valence-corrected chi connectivity index (χ2v) is 4.34. The van der Waals surface area contributed by atoms with Crippen molar-refractivity contribution in [2.45, 2.75) is 25.6 Å². The average Bonchev–Trinajstić information content (AvgIpc) is 2.06. The van der Waals surface area contributed by atoms with E-state index in [0.717, 1.165) is 10.0 Å². The summed E-state index contributed by atoms with van der Waals surface area (Å²) >= 11 is 3.21. The minimum Gasteiger partial charge on any atom is -0.324 e. The summed E-state index contributed by atoms with van der Waals surface area (Å²) < 4.78 is 37.1. The molecule has 0 amide bonds. The highest BCUT2D eigenvalue weighted by atomic mass is 79.9. The van der Waals surface area contributed by atoms with Gasteiger partial charge in [-0.15, -0.1) is 12.4 Å². The van der Waals surface area contributed by atoms with Crippen LogP contribution >= 0.6 is 28.3 Å². The Morgan fingerprint density at radius 2 is 1.94 bits per heavy atom. The summed E-state index contributed by atoms with van der Waals surface area (Å²) in [5.41, 5.74) is 6.81. The van der Waals surface area contributed by atoms with Crippen molar-refractivity contribution >= 4 is 28.3 Å². The number of hydrogen-bond donors (Lipinski definition) is 1. The van der Waals surface area contributed by atoms with E-state index < -0.39 is 18.6 Å². The molecule has 16 heavy (non-hydrogen) atoms. The van der Waals surface area contributed by atoms with Crippen molar-refractivity contribution in [2.75, 3.05) is 0 Å². The molecule has 0 aliphatic heterocycles. The Balaban J connectivity index is 0.00000225. The Bertz CT molecular complexity index is 354. The summed E-state index contributed by atoms with van der Waals surface area (Å²) in [4.78, 5) is 0. The topological polar surface area (TPSA) is 26.0 Å². The van der Waals surface area contributed by atoms with Crippen molar-refractivity contribution in [3.63, 3.8) is 0 Å². The number of rotatable bonds is 2. The lowest BCUT2D eigenvalue weighted by atomic mass is 9.99. The van der Waals surface area contributed by atoms with Gasteiger partial charge in [-0.25, -0.2) is 0 Å². The molecule has 0 aliphatic rings. The first-order chi connectivity index (χ1) is 6.79. The highest BCUT2D eigenvalue weighted by Gasteiger charge is 2.31. The summed E-state index contributed by atoms with van der Waals surface area (Å²) in [6.45, 7) is 1.75. The van der Waals surface area contributed by atoms with E-state index in [-0.39, 0.29) is 12.4 Å². The molecule has 0 aromatic heterocycles. The summed E-state index contributed by atoms with van der Waals surface area (Å²) in [6, 6.07) is 4.16. The molecule has 1 rings (SSSR count).